The van der Waals surface area contributed by atoms with E-state index in [1.54, 1.807) is 6.07 Å². The molecule has 0 atom stereocenters. The van der Waals surface area contributed by atoms with E-state index in [2.05, 4.69) is 15.6 Å². The highest BCUT2D eigenvalue weighted by molar-refractivity contribution is 7.90. The van der Waals surface area contributed by atoms with Gasteiger partial charge in [0.1, 0.15) is 11.0 Å². The number of amides is 1. The van der Waals surface area contributed by atoms with Crippen molar-refractivity contribution < 1.29 is 18.0 Å². The Kier molecular flexibility index (Phi) is 3.94. The minimum atomic E-state index is -3.35. The summed E-state index contributed by atoms with van der Waals surface area (Å²) in [6.07, 6.45) is 8.33. The van der Waals surface area contributed by atoms with Gasteiger partial charge in [0.05, 0.1) is 4.90 Å². The predicted octanol–water partition coefficient (Wildman–Crippen LogP) is 1.35. The lowest BCUT2D eigenvalue weighted by Crippen LogP contribution is -2.60. The molecule has 1 aromatic carbocycles. The van der Waals surface area contributed by atoms with Crippen LogP contribution in [0.2, 0.25) is 0 Å². The normalized spacial score (nSPS) is 31.2. The summed E-state index contributed by atoms with van der Waals surface area (Å²) in [6.45, 7) is -0.177. The summed E-state index contributed by atoms with van der Waals surface area (Å²) < 4.78 is 23.5. The Balaban J connectivity index is 1.28. The highest BCUT2D eigenvalue weighted by atomic mass is 32.2. The van der Waals surface area contributed by atoms with Crippen LogP contribution in [0.1, 0.15) is 38.5 Å². The molecule has 0 spiro atoms. The third-order valence-corrected chi connectivity index (χ3v) is 7.69. The molecule has 6 rings (SSSR count). The molecule has 9 heteroatoms. The van der Waals surface area contributed by atoms with Crippen LogP contribution < -0.4 is 10.2 Å². The summed E-state index contributed by atoms with van der Waals surface area (Å²) in [4.78, 5) is 19.4. The maximum absolute atomic E-state index is 12.6. The lowest BCUT2D eigenvalue weighted by atomic mass is 9.53. The number of nitrogens with zero attached hydrogens (tertiary/aromatic N) is 3. The molecule has 1 N–H and O–H groups in total. The van der Waals surface area contributed by atoms with Gasteiger partial charge < -0.3 is 10.2 Å². The molecule has 4 bridgehead atoms. The molecule has 4 aliphatic rings. The molecule has 28 heavy (non-hydrogen) atoms. The first-order valence-electron chi connectivity index (χ1n) is 9.79. The molecule has 1 aromatic heterocycles. The fourth-order valence-electron chi connectivity index (χ4n) is 5.92. The molecule has 4 fully saturated rings. The lowest BCUT2D eigenvalue weighted by Gasteiger charge is -2.56. The molecule has 0 unspecified atom stereocenters. The quantitative estimate of drug-likeness (QED) is 0.807. The van der Waals surface area contributed by atoms with E-state index in [0.717, 1.165) is 48.1 Å². The molecular weight excluding hydrogens is 380 g/mol. The maximum Gasteiger partial charge on any atom is 0.261 e. The summed E-state index contributed by atoms with van der Waals surface area (Å²) in [5.74, 6) is 2.09. The van der Waals surface area contributed by atoms with Gasteiger partial charge in [-0.1, -0.05) is 4.85 Å². The van der Waals surface area contributed by atoms with Gasteiger partial charge in [0.2, 0.25) is 0 Å². The van der Waals surface area contributed by atoms with Crippen LogP contribution in [-0.2, 0) is 14.6 Å². The number of aromatic nitrogens is 3. The average molecular weight is 404 g/mol. The molecule has 4 aliphatic carbocycles. The molecule has 150 valence electrons. The topological polar surface area (TPSA) is 103 Å². The van der Waals surface area contributed by atoms with E-state index < -0.39 is 9.84 Å². The molecular formula is C19H24N4O4S. The number of carbonyl (C=O) groups excluding carboxylic acids is 1. The summed E-state index contributed by atoms with van der Waals surface area (Å²) in [6, 6.07) is 4.52. The lowest BCUT2D eigenvalue weighted by molar-refractivity contribution is -0.132. The molecule has 1 heterocycles. The molecule has 8 nitrogen and oxygen atoms in total. The summed E-state index contributed by atoms with van der Waals surface area (Å²) in [5.41, 5.74) is 0.864. The Bertz CT molecular complexity index is 1010. The first-order chi connectivity index (χ1) is 13.3. The van der Waals surface area contributed by atoms with E-state index in [0.29, 0.717) is 11.0 Å². The molecule has 4 saturated carbocycles. The predicted molar refractivity (Wildman–Crippen MR) is 101 cm³/mol. The van der Waals surface area contributed by atoms with Crippen molar-refractivity contribution >= 4 is 26.8 Å². The Labute approximate surface area is 163 Å². The zero-order valence-electron chi connectivity index (χ0n) is 15.8. The number of nitrogens with one attached hydrogen (secondary N) is 1. The van der Waals surface area contributed by atoms with Gasteiger partial charge in [0.25, 0.3) is 5.91 Å². The van der Waals surface area contributed by atoms with E-state index in [9.17, 15) is 13.2 Å². The van der Waals surface area contributed by atoms with E-state index in [1.165, 1.54) is 31.4 Å². The van der Waals surface area contributed by atoms with Crippen molar-refractivity contribution in [3.8, 4) is 0 Å². The van der Waals surface area contributed by atoms with Gasteiger partial charge in [0, 0.05) is 11.8 Å². The minimum Gasteiger partial charge on any atom is -0.385 e. The van der Waals surface area contributed by atoms with E-state index >= 15 is 0 Å². The van der Waals surface area contributed by atoms with Gasteiger partial charge >= 0.3 is 0 Å². The number of benzene rings is 1. The van der Waals surface area contributed by atoms with Crippen LogP contribution in [0.4, 0.5) is 0 Å². The van der Waals surface area contributed by atoms with Gasteiger partial charge in [-0.2, -0.15) is 0 Å². The van der Waals surface area contributed by atoms with Gasteiger partial charge in [-0.3, -0.25) is 4.79 Å². The second-order valence-corrected chi connectivity index (χ2v) is 10.9. The monoisotopic (exact) mass is 404 g/mol. The van der Waals surface area contributed by atoms with Crippen molar-refractivity contribution in [2.45, 2.75) is 49.0 Å². The number of sulfone groups is 1. The van der Waals surface area contributed by atoms with Crippen LogP contribution in [0.15, 0.2) is 23.1 Å². The van der Waals surface area contributed by atoms with E-state index in [4.69, 9.17) is 4.84 Å². The molecule has 0 saturated heterocycles. The minimum absolute atomic E-state index is 0.0664. The number of carbonyl (C=O) groups is 1. The van der Waals surface area contributed by atoms with Crippen LogP contribution >= 0.6 is 0 Å². The second-order valence-electron chi connectivity index (χ2n) is 8.90. The van der Waals surface area contributed by atoms with Gasteiger partial charge in [-0.15, -0.1) is 5.10 Å². The second kappa shape index (κ2) is 6.17. The van der Waals surface area contributed by atoms with Crippen LogP contribution in [0.5, 0.6) is 0 Å². The van der Waals surface area contributed by atoms with Crippen molar-refractivity contribution in [1.29, 1.82) is 0 Å². The Hall–Kier alpha value is -2.16. The van der Waals surface area contributed by atoms with Crippen LogP contribution in [-0.4, -0.2) is 47.9 Å². The summed E-state index contributed by atoms with van der Waals surface area (Å²) in [5, 5.41) is 11.1. The third-order valence-electron chi connectivity index (χ3n) is 6.58. The highest BCUT2D eigenvalue weighted by Gasteiger charge is 2.51. The molecule has 0 aliphatic heterocycles. The van der Waals surface area contributed by atoms with Crippen molar-refractivity contribution in [2.24, 2.45) is 17.8 Å². The van der Waals surface area contributed by atoms with Gasteiger partial charge in [-0.05, 0) is 79.7 Å². The summed E-state index contributed by atoms with van der Waals surface area (Å²) >= 11 is 0. The molecule has 1 amide bonds. The van der Waals surface area contributed by atoms with Crippen molar-refractivity contribution in [1.82, 2.24) is 20.5 Å². The first-order valence-corrected chi connectivity index (χ1v) is 11.7. The standard InChI is InChI=1S/C19H24N4O4S/c1-28(25,26)15-2-3-16-17(7-15)23(22-21-16)27-11-18(24)20-19-8-12-4-13(9-19)6-14(5-12)10-19/h2-3,7,12-14H,4-6,8-11H2,1H3,(H,20,24). The average Bonchev–Trinajstić information content (AvgIpc) is 3.00. The van der Waals surface area contributed by atoms with Crippen LogP contribution in [0.3, 0.4) is 0 Å². The van der Waals surface area contributed by atoms with E-state index in [1.807, 2.05) is 0 Å². The summed E-state index contributed by atoms with van der Waals surface area (Å²) in [7, 11) is -3.35. The smallest absolute Gasteiger partial charge is 0.261 e. The van der Waals surface area contributed by atoms with Crippen molar-refractivity contribution in [2.75, 3.05) is 12.9 Å². The van der Waals surface area contributed by atoms with Crippen LogP contribution in [0, 0.1) is 17.8 Å². The Morgan fingerprint density at radius 3 is 2.46 bits per heavy atom. The van der Waals surface area contributed by atoms with E-state index in [-0.39, 0.29) is 22.9 Å². The Morgan fingerprint density at radius 1 is 1.21 bits per heavy atom. The zero-order valence-corrected chi connectivity index (χ0v) is 16.6. The van der Waals surface area contributed by atoms with Crippen molar-refractivity contribution in [3.63, 3.8) is 0 Å². The fraction of sp³-hybridized carbons (Fsp3) is 0.632. The molecule has 2 aromatic rings. The Morgan fingerprint density at radius 2 is 1.86 bits per heavy atom. The number of fused-ring (bicyclic) bond motifs is 1. The highest BCUT2D eigenvalue weighted by Crippen LogP contribution is 2.55. The number of hydrogen-bond acceptors (Lipinski definition) is 6. The van der Waals surface area contributed by atoms with Gasteiger partial charge in [0.15, 0.2) is 16.4 Å². The largest absolute Gasteiger partial charge is 0.385 e. The fourth-order valence-corrected chi connectivity index (χ4v) is 6.56. The first kappa shape index (κ1) is 17.9. The third kappa shape index (κ3) is 3.15. The number of hydrogen-bond donors (Lipinski definition) is 1. The zero-order chi connectivity index (χ0) is 19.5. The molecule has 0 radical (unpaired) electrons. The van der Waals surface area contributed by atoms with Crippen molar-refractivity contribution in [3.05, 3.63) is 18.2 Å². The SMILES string of the molecule is CS(=O)(=O)c1ccc2nnn(OCC(=O)NC34CC5CC(CC(C5)C3)C4)c2c1. The maximum atomic E-state index is 12.6. The van der Waals surface area contributed by atoms with Crippen LogP contribution in [0.25, 0.3) is 11.0 Å². The van der Waals surface area contributed by atoms with Gasteiger partial charge in [-0.25, -0.2) is 8.42 Å². The number of rotatable bonds is 5.